The van der Waals surface area contributed by atoms with Crippen LogP contribution in [0.5, 0.6) is 0 Å². The van der Waals surface area contributed by atoms with Crippen molar-refractivity contribution in [3.05, 3.63) is 134 Å². The van der Waals surface area contributed by atoms with Gasteiger partial charge in [0.2, 0.25) is 0 Å². The van der Waals surface area contributed by atoms with Gasteiger partial charge in [-0.2, -0.15) is 0 Å². The molecule has 0 saturated heterocycles. The number of benzene rings is 6. The van der Waals surface area contributed by atoms with Crippen LogP contribution >= 0.6 is 34.0 Å². The molecule has 0 fully saturated rings. The minimum absolute atomic E-state index is 0.891. The number of rotatable bonds is 3. The van der Waals surface area contributed by atoms with Gasteiger partial charge < -0.3 is 0 Å². The summed E-state index contributed by atoms with van der Waals surface area (Å²) in [5, 5.41) is 6.43. The standard InChI is InChI=1S/C40H22N2S3/c1-3-18-33-26(11-1)29-15-6-13-25(38(29)43-33)23-9-5-10-24(21-23)32-22-41-40-37(42-32)36-28(14-8-20-35(36)45-40)31-17-7-16-30-27-12-2-4-19-34(27)44-39(30)31/h1-22H. The summed E-state index contributed by atoms with van der Waals surface area (Å²) in [4.78, 5) is 11.3. The largest absolute Gasteiger partial charge is 0.243 e. The second-order valence-electron chi connectivity index (χ2n) is 11.3. The van der Waals surface area contributed by atoms with Crippen LogP contribution in [0.3, 0.4) is 0 Å². The predicted molar refractivity (Wildman–Crippen MR) is 197 cm³/mol. The van der Waals surface area contributed by atoms with E-state index in [4.69, 9.17) is 9.97 Å². The molecule has 4 aromatic heterocycles. The molecule has 10 aromatic rings. The SMILES string of the molecule is c1cc(-c2cnc3sc4cccc(-c5cccc6c5sc5ccccc56)c4c3n2)cc(-c2cccc3c2sc2ccccc23)c1. The van der Waals surface area contributed by atoms with Gasteiger partial charge in [-0.05, 0) is 41.0 Å². The highest BCUT2D eigenvalue weighted by Crippen LogP contribution is 2.45. The lowest BCUT2D eigenvalue weighted by Crippen LogP contribution is -1.88. The molecule has 4 heterocycles. The minimum atomic E-state index is 0.891. The first kappa shape index (κ1) is 25.4. The van der Waals surface area contributed by atoms with Crippen LogP contribution in [-0.2, 0) is 0 Å². The molecule has 6 aromatic carbocycles. The molecule has 0 atom stereocenters. The molecule has 0 unspecified atom stereocenters. The molecule has 0 aliphatic carbocycles. The van der Waals surface area contributed by atoms with Gasteiger partial charge in [0.15, 0.2) is 0 Å². The van der Waals surface area contributed by atoms with Gasteiger partial charge in [-0.15, -0.1) is 34.0 Å². The van der Waals surface area contributed by atoms with E-state index in [1.165, 1.54) is 72.7 Å². The number of thiophene rings is 3. The van der Waals surface area contributed by atoms with Crippen molar-refractivity contribution in [1.29, 1.82) is 0 Å². The van der Waals surface area contributed by atoms with Crippen LogP contribution in [-0.4, -0.2) is 9.97 Å². The van der Waals surface area contributed by atoms with Gasteiger partial charge in [0.05, 0.1) is 11.9 Å². The summed E-state index contributed by atoms with van der Waals surface area (Å²) in [5.41, 5.74) is 7.85. The monoisotopic (exact) mass is 626 g/mol. The first-order chi connectivity index (χ1) is 22.3. The van der Waals surface area contributed by atoms with E-state index in [2.05, 4.69) is 127 Å². The number of hydrogen-bond acceptors (Lipinski definition) is 5. The van der Waals surface area contributed by atoms with Gasteiger partial charge in [0, 0.05) is 61.6 Å². The topological polar surface area (TPSA) is 25.8 Å². The first-order valence-electron chi connectivity index (χ1n) is 14.9. The molecule has 10 rings (SSSR count). The maximum absolute atomic E-state index is 5.33. The zero-order chi connectivity index (χ0) is 29.5. The molecule has 210 valence electrons. The van der Waals surface area contributed by atoms with Crippen LogP contribution in [0.4, 0.5) is 0 Å². The average Bonchev–Trinajstić information content (AvgIpc) is 3.79. The molecule has 0 bridgehead atoms. The molecule has 0 spiro atoms. The first-order valence-corrected chi connectivity index (χ1v) is 17.4. The molecule has 45 heavy (non-hydrogen) atoms. The van der Waals surface area contributed by atoms with Crippen molar-refractivity contribution in [1.82, 2.24) is 9.97 Å². The molecule has 2 nitrogen and oxygen atoms in total. The van der Waals surface area contributed by atoms with Crippen molar-refractivity contribution in [2.45, 2.75) is 0 Å². The van der Waals surface area contributed by atoms with Crippen molar-refractivity contribution in [3.8, 4) is 33.5 Å². The Kier molecular flexibility index (Phi) is 5.52. The van der Waals surface area contributed by atoms with E-state index in [0.717, 1.165) is 21.6 Å². The quantitative estimate of drug-likeness (QED) is 0.195. The van der Waals surface area contributed by atoms with E-state index in [1.807, 2.05) is 28.9 Å². The number of nitrogens with zero attached hydrogens (tertiary/aromatic N) is 2. The van der Waals surface area contributed by atoms with E-state index in [9.17, 15) is 0 Å². The van der Waals surface area contributed by atoms with E-state index < -0.39 is 0 Å². The fraction of sp³-hybridized carbons (Fsp3) is 0. The van der Waals surface area contributed by atoms with Gasteiger partial charge in [-0.3, -0.25) is 0 Å². The van der Waals surface area contributed by atoms with Crippen LogP contribution in [0, 0.1) is 0 Å². The molecule has 5 heteroatoms. The van der Waals surface area contributed by atoms with Gasteiger partial charge in [0.1, 0.15) is 10.3 Å². The zero-order valence-electron chi connectivity index (χ0n) is 23.8. The van der Waals surface area contributed by atoms with Crippen LogP contribution in [0.25, 0.3) is 94.3 Å². The Morgan fingerprint density at radius 3 is 1.80 bits per heavy atom. The Bertz CT molecular complexity index is 2780. The summed E-state index contributed by atoms with van der Waals surface area (Å²) in [6, 6.07) is 46.1. The molecule has 0 radical (unpaired) electrons. The Morgan fingerprint density at radius 2 is 1.02 bits per heavy atom. The molecular weight excluding hydrogens is 605 g/mol. The maximum atomic E-state index is 5.33. The third-order valence-corrected chi connectivity index (χ3v) is 12.3. The summed E-state index contributed by atoms with van der Waals surface area (Å²) in [7, 11) is 0. The van der Waals surface area contributed by atoms with Crippen molar-refractivity contribution < 1.29 is 0 Å². The average molecular weight is 627 g/mol. The lowest BCUT2D eigenvalue weighted by Gasteiger charge is -2.08. The van der Waals surface area contributed by atoms with Gasteiger partial charge in [-0.25, -0.2) is 9.97 Å². The lowest BCUT2D eigenvalue weighted by atomic mass is 9.99. The van der Waals surface area contributed by atoms with E-state index in [1.54, 1.807) is 11.3 Å². The molecular formula is C40H22N2S3. The highest BCUT2D eigenvalue weighted by molar-refractivity contribution is 7.27. The summed E-state index contributed by atoms with van der Waals surface area (Å²) >= 11 is 5.45. The fourth-order valence-corrected chi connectivity index (χ4v) is 10.2. The zero-order valence-corrected chi connectivity index (χ0v) is 26.3. The van der Waals surface area contributed by atoms with Crippen LogP contribution in [0.1, 0.15) is 0 Å². The van der Waals surface area contributed by atoms with Crippen molar-refractivity contribution in [2.75, 3.05) is 0 Å². The van der Waals surface area contributed by atoms with E-state index in [-0.39, 0.29) is 0 Å². The minimum Gasteiger partial charge on any atom is -0.243 e. The second-order valence-corrected chi connectivity index (χ2v) is 14.5. The van der Waals surface area contributed by atoms with Gasteiger partial charge in [0.25, 0.3) is 0 Å². The highest BCUT2D eigenvalue weighted by atomic mass is 32.1. The molecule has 0 aliphatic heterocycles. The van der Waals surface area contributed by atoms with Crippen molar-refractivity contribution in [2.24, 2.45) is 0 Å². The third-order valence-electron chi connectivity index (χ3n) is 8.78. The Hall–Kier alpha value is -4.94. The number of aromatic nitrogens is 2. The van der Waals surface area contributed by atoms with Crippen LogP contribution in [0.15, 0.2) is 134 Å². The van der Waals surface area contributed by atoms with Gasteiger partial charge in [-0.1, -0.05) is 103 Å². The van der Waals surface area contributed by atoms with E-state index >= 15 is 0 Å². The smallest absolute Gasteiger partial charge is 0.143 e. The Labute approximate surface area is 270 Å². The summed E-state index contributed by atoms with van der Waals surface area (Å²) in [5.74, 6) is 0. The van der Waals surface area contributed by atoms with Crippen LogP contribution < -0.4 is 0 Å². The number of fused-ring (bicyclic) bond motifs is 9. The lowest BCUT2D eigenvalue weighted by molar-refractivity contribution is 1.32. The third kappa shape index (κ3) is 3.85. The van der Waals surface area contributed by atoms with E-state index in [0.29, 0.717) is 0 Å². The van der Waals surface area contributed by atoms with Crippen LogP contribution in [0.2, 0.25) is 0 Å². The molecule has 0 aliphatic rings. The van der Waals surface area contributed by atoms with Crippen molar-refractivity contribution >= 4 is 94.8 Å². The summed E-state index contributed by atoms with van der Waals surface area (Å²) < 4.78 is 6.48. The maximum Gasteiger partial charge on any atom is 0.143 e. The second kappa shape index (κ2) is 9.78. The normalized spacial score (nSPS) is 12.0. The highest BCUT2D eigenvalue weighted by Gasteiger charge is 2.18. The molecule has 0 N–H and O–H groups in total. The number of hydrogen-bond donors (Lipinski definition) is 0. The van der Waals surface area contributed by atoms with Crippen molar-refractivity contribution in [3.63, 3.8) is 0 Å². The molecule has 0 saturated carbocycles. The summed E-state index contributed by atoms with van der Waals surface area (Å²) in [6.07, 6.45) is 1.93. The Morgan fingerprint density at radius 1 is 0.444 bits per heavy atom. The summed E-state index contributed by atoms with van der Waals surface area (Å²) in [6.45, 7) is 0. The Balaban J connectivity index is 1.15. The molecule has 0 amide bonds. The van der Waals surface area contributed by atoms with Gasteiger partial charge >= 0.3 is 0 Å². The predicted octanol–water partition coefficient (Wildman–Crippen LogP) is 12.6. The fourth-order valence-electron chi connectivity index (χ4n) is 6.72.